The summed E-state index contributed by atoms with van der Waals surface area (Å²) in [5, 5.41) is 12.7. The molecule has 0 bridgehead atoms. The highest BCUT2D eigenvalue weighted by Gasteiger charge is 2.09. The molecule has 110 valence electrons. The summed E-state index contributed by atoms with van der Waals surface area (Å²) in [5.41, 5.74) is 8.66. The maximum Gasteiger partial charge on any atom is 0.170 e. The second kappa shape index (κ2) is 7.11. The Hall–Kier alpha value is -2.04. The van der Waals surface area contributed by atoms with Crippen molar-refractivity contribution < 1.29 is 5.21 Å². The zero-order valence-corrected chi connectivity index (χ0v) is 12.6. The van der Waals surface area contributed by atoms with E-state index in [9.17, 15) is 0 Å². The lowest BCUT2D eigenvalue weighted by atomic mass is 10.1. The summed E-state index contributed by atoms with van der Waals surface area (Å²) in [4.78, 5) is 2.16. The number of hydrogen-bond donors (Lipinski definition) is 2. The first-order chi connectivity index (χ1) is 10.1. The number of halogens is 1. The third-order valence-corrected chi connectivity index (χ3v) is 3.46. The number of nitrogens with zero attached hydrogens (tertiary/aromatic N) is 2. The molecular weight excluding hydrogens is 286 g/mol. The summed E-state index contributed by atoms with van der Waals surface area (Å²) in [6.45, 7) is 1.50. The van der Waals surface area contributed by atoms with E-state index in [0.29, 0.717) is 6.54 Å². The maximum absolute atomic E-state index is 8.84. The molecular formula is C16H18ClN3O. The van der Waals surface area contributed by atoms with Crippen LogP contribution >= 0.6 is 11.6 Å². The lowest BCUT2D eigenvalue weighted by Gasteiger charge is -2.18. The van der Waals surface area contributed by atoms with E-state index in [-0.39, 0.29) is 5.84 Å². The van der Waals surface area contributed by atoms with Gasteiger partial charge < -0.3 is 10.9 Å². The number of benzene rings is 2. The highest BCUT2D eigenvalue weighted by Crippen LogP contribution is 2.14. The van der Waals surface area contributed by atoms with Crippen LogP contribution in [0.1, 0.15) is 16.7 Å². The number of rotatable bonds is 5. The van der Waals surface area contributed by atoms with Crippen molar-refractivity contribution in [3.05, 3.63) is 70.2 Å². The Morgan fingerprint density at radius 2 is 1.81 bits per heavy atom. The highest BCUT2D eigenvalue weighted by molar-refractivity contribution is 6.30. The van der Waals surface area contributed by atoms with Crippen molar-refractivity contribution in [1.29, 1.82) is 0 Å². The molecule has 0 saturated carbocycles. The summed E-state index contributed by atoms with van der Waals surface area (Å²) < 4.78 is 0. The van der Waals surface area contributed by atoms with Crippen LogP contribution < -0.4 is 5.73 Å². The van der Waals surface area contributed by atoms with Gasteiger partial charge in [-0.3, -0.25) is 4.90 Å². The molecule has 0 amide bonds. The third-order valence-electron chi connectivity index (χ3n) is 3.21. The van der Waals surface area contributed by atoms with Crippen LogP contribution in [-0.4, -0.2) is 23.0 Å². The Morgan fingerprint density at radius 1 is 1.14 bits per heavy atom. The largest absolute Gasteiger partial charge is 0.409 e. The summed E-state index contributed by atoms with van der Waals surface area (Å²) >= 11 is 5.89. The van der Waals surface area contributed by atoms with Crippen LogP contribution in [0.3, 0.4) is 0 Å². The first-order valence-electron chi connectivity index (χ1n) is 6.59. The summed E-state index contributed by atoms with van der Waals surface area (Å²) in [6, 6.07) is 15.4. The molecule has 4 nitrogen and oxygen atoms in total. The van der Waals surface area contributed by atoms with Gasteiger partial charge in [-0.15, -0.1) is 0 Å². The average Bonchev–Trinajstić information content (AvgIpc) is 2.49. The fraction of sp³-hybridized carbons (Fsp3) is 0.188. The van der Waals surface area contributed by atoms with Crippen molar-refractivity contribution in [3.63, 3.8) is 0 Å². The fourth-order valence-electron chi connectivity index (χ4n) is 2.21. The van der Waals surface area contributed by atoms with Gasteiger partial charge in [0.05, 0.1) is 0 Å². The van der Waals surface area contributed by atoms with Gasteiger partial charge >= 0.3 is 0 Å². The Kier molecular flexibility index (Phi) is 5.20. The Bertz CT molecular complexity index is 626. The molecule has 0 aromatic heterocycles. The summed E-state index contributed by atoms with van der Waals surface area (Å²) in [5.74, 6) is 0.130. The first-order valence-corrected chi connectivity index (χ1v) is 6.96. The lowest BCUT2D eigenvalue weighted by molar-refractivity contribution is 0.315. The average molecular weight is 304 g/mol. The molecule has 2 rings (SSSR count). The van der Waals surface area contributed by atoms with Crippen molar-refractivity contribution in [1.82, 2.24) is 4.90 Å². The highest BCUT2D eigenvalue weighted by atomic mass is 35.5. The number of nitrogens with two attached hydrogens (primary N) is 1. The van der Waals surface area contributed by atoms with E-state index in [0.717, 1.165) is 22.7 Å². The van der Waals surface area contributed by atoms with Crippen molar-refractivity contribution in [2.75, 3.05) is 7.05 Å². The van der Waals surface area contributed by atoms with Gasteiger partial charge in [-0.1, -0.05) is 53.2 Å². The fourth-order valence-corrected chi connectivity index (χ4v) is 2.34. The molecule has 0 heterocycles. The van der Waals surface area contributed by atoms with Gasteiger partial charge in [0.1, 0.15) is 0 Å². The molecule has 0 aliphatic heterocycles. The minimum absolute atomic E-state index is 0.130. The van der Waals surface area contributed by atoms with E-state index in [4.69, 9.17) is 22.5 Å². The second-order valence-corrected chi connectivity index (χ2v) is 5.38. The van der Waals surface area contributed by atoms with Gasteiger partial charge in [-0.2, -0.15) is 0 Å². The quantitative estimate of drug-likeness (QED) is 0.386. The Morgan fingerprint density at radius 3 is 2.48 bits per heavy atom. The van der Waals surface area contributed by atoms with Crippen molar-refractivity contribution in [2.45, 2.75) is 13.1 Å². The Balaban J connectivity index is 2.09. The van der Waals surface area contributed by atoms with Gasteiger partial charge in [-0.25, -0.2) is 0 Å². The molecule has 3 N–H and O–H groups in total. The van der Waals surface area contributed by atoms with Gasteiger partial charge in [0.2, 0.25) is 0 Å². The molecule has 0 atom stereocenters. The van der Waals surface area contributed by atoms with Crippen LogP contribution in [0, 0.1) is 0 Å². The van der Waals surface area contributed by atoms with Crippen LogP contribution in [0.5, 0.6) is 0 Å². The van der Waals surface area contributed by atoms with Gasteiger partial charge in [0.25, 0.3) is 0 Å². The predicted octanol–water partition coefficient (Wildman–Crippen LogP) is 3.07. The summed E-state index contributed by atoms with van der Waals surface area (Å²) in [6.07, 6.45) is 0. The minimum atomic E-state index is 0.130. The standard InChI is InChI=1S/C16H18ClN3O/c1-20(10-12-6-8-14(17)9-7-12)11-13-4-2-3-5-15(13)16(18)19-21/h2-9,21H,10-11H2,1H3,(H2,18,19). The molecule has 2 aromatic rings. The zero-order valence-electron chi connectivity index (χ0n) is 11.8. The first kappa shape index (κ1) is 15.4. The SMILES string of the molecule is CN(Cc1ccc(Cl)cc1)Cc1ccccc1C(N)=NO. The molecule has 0 spiro atoms. The Labute approximate surface area is 129 Å². The maximum atomic E-state index is 8.84. The molecule has 0 unspecified atom stereocenters. The molecule has 5 heteroatoms. The zero-order chi connectivity index (χ0) is 15.2. The minimum Gasteiger partial charge on any atom is -0.409 e. The number of oxime groups is 1. The van der Waals surface area contributed by atoms with E-state index in [1.807, 2.05) is 55.6 Å². The predicted molar refractivity (Wildman–Crippen MR) is 85.6 cm³/mol. The van der Waals surface area contributed by atoms with E-state index in [1.165, 1.54) is 5.56 Å². The molecule has 0 fully saturated rings. The molecule has 0 radical (unpaired) electrons. The number of amidine groups is 1. The monoisotopic (exact) mass is 303 g/mol. The van der Waals surface area contributed by atoms with Crippen LogP contribution in [0.15, 0.2) is 53.7 Å². The smallest absolute Gasteiger partial charge is 0.170 e. The van der Waals surface area contributed by atoms with Crippen LogP contribution in [0.25, 0.3) is 0 Å². The van der Waals surface area contributed by atoms with Gasteiger partial charge in [-0.05, 0) is 30.3 Å². The molecule has 2 aromatic carbocycles. The topological polar surface area (TPSA) is 61.8 Å². The van der Waals surface area contributed by atoms with Crippen LogP contribution in [0.4, 0.5) is 0 Å². The van der Waals surface area contributed by atoms with Crippen LogP contribution in [0.2, 0.25) is 5.02 Å². The molecule has 21 heavy (non-hydrogen) atoms. The van der Waals surface area contributed by atoms with Gasteiger partial charge in [0, 0.05) is 23.7 Å². The third kappa shape index (κ3) is 4.21. The van der Waals surface area contributed by atoms with Crippen molar-refractivity contribution in [2.24, 2.45) is 10.9 Å². The number of hydrogen-bond acceptors (Lipinski definition) is 3. The van der Waals surface area contributed by atoms with Gasteiger partial charge in [0.15, 0.2) is 5.84 Å². The summed E-state index contributed by atoms with van der Waals surface area (Å²) in [7, 11) is 2.03. The van der Waals surface area contributed by atoms with E-state index in [2.05, 4.69) is 10.1 Å². The van der Waals surface area contributed by atoms with Crippen molar-refractivity contribution >= 4 is 17.4 Å². The normalized spacial score (nSPS) is 11.9. The van der Waals surface area contributed by atoms with E-state index in [1.54, 1.807) is 0 Å². The second-order valence-electron chi connectivity index (χ2n) is 4.94. The van der Waals surface area contributed by atoms with E-state index < -0.39 is 0 Å². The molecule has 0 aliphatic rings. The lowest BCUT2D eigenvalue weighted by Crippen LogP contribution is -2.21. The molecule has 0 aliphatic carbocycles. The van der Waals surface area contributed by atoms with E-state index >= 15 is 0 Å². The molecule has 0 saturated heterocycles. The van der Waals surface area contributed by atoms with Crippen LogP contribution in [-0.2, 0) is 13.1 Å². The van der Waals surface area contributed by atoms with Crippen molar-refractivity contribution in [3.8, 4) is 0 Å².